The van der Waals surface area contributed by atoms with Crippen LogP contribution in [-0.2, 0) is 0 Å². The molecule has 0 aromatic rings. The van der Waals surface area contributed by atoms with Gasteiger partial charge in [-0.15, -0.1) is 0 Å². The van der Waals surface area contributed by atoms with Gasteiger partial charge >= 0.3 is 0 Å². The molecule has 68 valence electrons. The molecule has 0 nitrogen and oxygen atoms in total. The van der Waals surface area contributed by atoms with Crippen molar-refractivity contribution in [3.8, 4) is 0 Å². The summed E-state index contributed by atoms with van der Waals surface area (Å²) in [6, 6.07) is 0. The Morgan fingerprint density at radius 3 is 2.08 bits per heavy atom. The quantitative estimate of drug-likeness (QED) is 0.514. The van der Waals surface area contributed by atoms with Gasteiger partial charge in [-0.3, -0.25) is 0 Å². The summed E-state index contributed by atoms with van der Waals surface area (Å²) in [7, 11) is 0. The Balaban J connectivity index is 2.16. The van der Waals surface area contributed by atoms with Gasteiger partial charge in [0.2, 0.25) is 0 Å². The summed E-state index contributed by atoms with van der Waals surface area (Å²) >= 11 is 0. The largest absolute Gasteiger partial charge is 0.0619 e. The van der Waals surface area contributed by atoms with E-state index in [0.717, 1.165) is 22.7 Å². The standard InChI is InChI=1S/C12H20/c1-8-7-9-5-6-12(8)10(2,3)11(9,12)4/h8-9H,5-7H2,1-4H3. The highest BCUT2D eigenvalue weighted by Crippen LogP contribution is 2.93. The molecule has 0 spiro atoms. The van der Waals surface area contributed by atoms with Gasteiger partial charge in [0.15, 0.2) is 0 Å². The zero-order valence-electron chi connectivity index (χ0n) is 8.78. The third-order valence-electron chi connectivity index (χ3n) is 6.46. The minimum atomic E-state index is 0.667. The molecule has 3 saturated carbocycles. The van der Waals surface area contributed by atoms with E-state index in [-0.39, 0.29) is 0 Å². The van der Waals surface area contributed by atoms with Crippen molar-refractivity contribution < 1.29 is 0 Å². The normalized spacial score (nSPS) is 65.0. The minimum absolute atomic E-state index is 0.667. The SMILES string of the molecule is CC1CC2CCC13C(C)(C)C23C. The van der Waals surface area contributed by atoms with Gasteiger partial charge in [0.05, 0.1) is 0 Å². The van der Waals surface area contributed by atoms with Gasteiger partial charge in [0.1, 0.15) is 0 Å². The van der Waals surface area contributed by atoms with E-state index in [1.165, 1.54) is 19.3 Å². The van der Waals surface area contributed by atoms with E-state index in [0.29, 0.717) is 5.41 Å². The summed E-state index contributed by atoms with van der Waals surface area (Å²) in [5.74, 6) is 2.08. The molecule has 12 heavy (non-hydrogen) atoms. The lowest BCUT2D eigenvalue weighted by molar-refractivity contribution is 0.169. The van der Waals surface area contributed by atoms with Crippen molar-refractivity contribution in [1.82, 2.24) is 0 Å². The van der Waals surface area contributed by atoms with E-state index in [4.69, 9.17) is 0 Å². The fourth-order valence-corrected chi connectivity index (χ4v) is 5.77. The lowest BCUT2D eigenvalue weighted by atomic mass is 9.72. The summed E-state index contributed by atoms with van der Waals surface area (Å²) in [4.78, 5) is 0. The van der Waals surface area contributed by atoms with Crippen LogP contribution >= 0.6 is 0 Å². The van der Waals surface area contributed by atoms with Crippen LogP contribution in [0.4, 0.5) is 0 Å². The summed E-state index contributed by atoms with van der Waals surface area (Å²) in [5.41, 5.74) is 2.17. The van der Waals surface area contributed by atoms with E-state index >= 15 is 0 Å². The highest BCUT2D eigenvalue weighted by atomic mass is 14.9. The van der Waals surface area contributed by atoms with Gasteiger partial charge in [-0.2, -0.15) is 0 Å². The maximum absolute atomic E-state index is 2.56. The van der Waals surface area contributed by atoms with Gasteiger partial charge in [0.25, 0.3) is 0 Å². The summed E-state index contributed by atoms with van der Waals surface area (Å²) in [5, 5.41) is 0. The monoisotopic (exact) mass is 164 g/mol. The molecule has 4 unspecified atom stereocenters. The molecular weight excluding hydrogens is 144 g/mol. The number of hydrogen-bond donors (Lipinski definition) is 0. The van der Waals surface area contributed by atoms with Gasteiger partial charge in [-0.1, -0.05) is 27.7 Å². The summed E-state index contributed by atoms with van der Waals surface area (Å²) < 4.78 is 0. The van der Waals surface area contributed by atoms with Crippen molar-refractivity contribution in [2.45, 2.75) is 47.0 Å². The van der Waals surface area contributed by atoms with Gasteiger partial charge < -0.3 is 0 Å². The molecule has 4 atom stereocenters. The van der Waals surface area contributed by atoms with Crippen LogP contribution in [0.25, 0.3) is 0 Å². The Hall–Kier alpha value is 0. The third kappa shape index (κ3) is 0.367. The second-order valence-electron chi connectivity index (χ2n) is 6.17. The van der Waals surface area contributed by atoms with Crippen LogP contribution in [0, 0.1) is 28.1 Å². The molecule has 0 heteroatoms. The first kappa shape index (κ1) is 7.41. The highest BCUT2D eigenvalue weighted by molar-refractivity contribution is 5.35. The average Bonchev–Trinajstić information content (AvgIpc) is 2.29. The molecular formula is C12H20. The van der Waals surface area contributed by atoms with Crippen LogP contribution in [-0.4, -0.2) is 0 Å². The number of hydrogen-bond acceptors (Lipinski definition) is 0. The second-order valence-corrected chi connectivity index (χ2v) is 6.17. The molecule has 0 aromatic carbocycles. The molecule has 0 N–H and O–H groups in total. The van der Waals surface area contributed by atoms with E-state index in [9.17, 15) is 0 Å². The highest BCUT2D eigenvalue weighted by Gasteiger charge is 2.88. The molecule has 3 rings (SSSR count). The Kier molecular flexibility index (Phi) is 0.932. The minimum Gasteiger partial charge on any atom is -0.0619 e. The van der Waals surface area contributed by atoms with Crippen LogP contribution in [0.15, 0.2) is 0 Å². The van der Waals surface area contributed by atoms with Crippen LogP contribution in [0.1, 0.15) is 47.0 Å². The zero-order chi connectivity index (χ0) is 8.78. The first-order valence-corrected chi connectivity index (χ1v) is 5.48. The van der Waals surface area contributed by atoms with E-state index in [2.05, 4.69) is 27.7 Å². The first-order chi connectivity index (χ1) is 5.48. The number of rotatable bonds is 0. The van der Waals surface area contributed by atoms with Gasteiger partial charge in [-0.05, 0) is 47.3 Å². The van der Waals surface area contributed by atoms with Gasteiger partial charge in [0, 0.05) is 0 Å². The predicted octanol–water partition coefficient (Wildman–Crippen LogP) is 3.47. The first-order valence-electron chi connectivity index (χ1n) is 5.48. The molecule has 0 amide bonds. The topological polar surface area (TPSA) is 0 Å². The molecule has 3 fully saturated rings. The molecule has 0 heterocycles. The summed E-state index contributed by atoms with van der Waals surface area (Å²) in [6.45, 7) is 10.1. The van der Waals surface area contributed by atoms with Gasteiger partial charge in [-0.25, -0.2) is 0 Å². The molecule has 3 aliphatic carbocycles. The van der Waals surface area contributed by atoms with Crippen molar-refractivity contribution >= 4 is 0 Å². The van der Waals surface area contributed by atoms with Crippen molar-refractivity contribution in [3.63, 3.8) is 0 Å². The van der Waals surface area contributed by atoms with Crippen LogP contribution in [0.5, 0.6) is 0 Å². The fraction of sp³-hybridized carbons (Fsp3) is 1.00. The average molecular weight is 164 g/mol. The second kappa shape index (κ2) is 1.51. The Morgan fingerprint density at radius 2 is 1.83 bits per heavy atom. The molecule has 0 aliphatic heterocycles. The summed E-state index contributed by atoms with van der Waals surface area (Å²) in [6.07, 6.45) is 4.59. The van der Waals surface area contributed by atoms with Crippen molar-refractivity contribution in [2.75, 3.05) is 0 Å². The smallest absolute Gasteiger partial charge is 0.0153 e. The van der Waals surface area contributed by atoms with Crippen LogP contribution in [0.3, 0.4) is 0 Å². The Morgan fingerprint density at radius 1 is 1.17 bits per heavy atom. The predicted molar refractivity (Wildman–Crippen MR) is 50.8 cm³/mol. The molecule has 0 radical (unpaired) electrons. The van der Waals surface area contributed by atoms with Crippen LogP contribution < -0.4 is 0 Å². The van der Waals surface area contributed by atoms with Crippen molar-refractivity contribution in [3.05, 3.63) is 0 Å². The molecule has 2 bridgehead atoms. The molecule has 0 saturated heterocycles. The Labute approximate surface area is 75.7 Å². The molecule has 3 aliphatic rings. The van der Waals surface area contributed by atoms with Crippen molar-refractivity contribution in [1.29, 1.82) is 0 Å². The van der Waals surface area contributed by atoms with Crippen molar-refractivity contribution in [2.24, 2.45) is 28.1 Å². The third-order valence-corrected chi connectivity index (χ3v) is 6.46. The van der Waals surface area contributed by atoms with Crippen LogP contribution in [0.2, 0.25) is 0 Å². The fourth-order valence-electron chi connectivity index (χ4n) is 5.77. The molecule has 0 aromatic heterocycles. The van der Waals surface area contributed by atoms with E-state index in [1.807, 2.05) is 0 Å². The lowest BCUT2D eigenvalue weighted by Gasteiger charge is -2.32. The maximum atomic E-state index is 2.56. The maximum Gasteiger partial charge on any atom is -0.0153 e. The van der Waals surface area contributed by atoms with E-state index in [1.54, 1.807) is 0 Å². The lowest BCUT2D eigenvalue weighted by Crippen LogP contribution is -2.24. The Bertz CT molecular complexity index is 253. The van der Waals surface area contributed by atoms with E-state index < -0.39 is 0 Å². The zero-order valence-corrected chi connectivity index (χ0v) is 8.78.